The van der Waals surface area contributed by atoms with Gasteiger partial charge in [0.15, 0.2) is 6.61 Å². The number of amides is 1. The molecule has 0 aliphatic rings. The lowest BCUT2D eigenvalue weighted by Gasteiger charge is -2.17. The standard InChI is InChI=1S/C22H18FN3O4S2/c1-25(9-14-5-2-3-6-16(14)23)18(27)11-30-19(28)10-26-13-24-21-20(22(26)29)15(12-32-21)17-7-4-8-31-17/h2-8,12-13H,9-11H2,1H3. The summed E-state index contributed by atoms with van der Waals surface area (Å²) in [5, 5.41) is 4.25. The van der Waals surface area contributed by atoms with E-state index in [0.29, 0.717) is 15.8 Å². The number of fused-ring (bicyclic) bond motifs is 1. The molecule has 0 saturated heterocycles. The highest BCUT2D eigenvalue weighted by atomic mass is 32.1. The van der Waals surface area contributed by atoms with Crippen molar-refractivity contribution in [2.24, 2.45) is 0 Å². The zero-order valence-corrected chi connectivity index (χ0v) is 18.6. The molecule has 0 saturated carbocycles. The van der Waals surface area contributed by atoms with Crippen molar-refractivity contribution < 1.29 is 18.7 Å². The molecular weight excluding hydrogens is 453 g/mol. The minimum atomic E-state index is -0.742. The molecule has 4 rings (SSSR count). The number of ether oxygens (including phenoxy) is 1. The molecule has 0 fully saturated rings. The average Bonchev–Trinajstić information content (AvgIpc) is 3.45. The van der Waals surface area contributed by atoms with Crippen molar-refractivity contribution in [3.63, 3.8) is 0 Å². The van der Waals surface area contributed by atoms with E-state index < -0.39 is 24.3 Å². The largest absolute Gasteiger partial charge is 0.454 e. The number of hydrogen-bond donors (Lipinski definition) is 0. The van der Waals surface area contributed by atoms with Crippen LogP contribution in [0.5, 0.6) is 0 Å². The van der Waals surface area contributed by atoms with E-state index in [0.717, 1.165) is 10.4 Å². The van der Waals surface area contributed by atoms with Gasteiger partial charge in [0.1, 0.15) is 17.2 Å². The number of likely N-dealkylation sites (N-methyl/N-ethyl adjacent to an activating group) is 1. The summed E-state index contributed by atoms with van der Waals surface area (Å²) in [6, 6.07) is 9.95. The van der Waals surface area contributed by atoms with Crippen LogP contribution in [0.3, 0.4) is 0 Å². The third-order valence-electron chi connectivity index (χ3n) is 4.79. The second-order valence-corrected chi connectivity index (χ2v) is 8.79. The molecular formula is C22H18FN3O4S2. The molecule has 0 unspecified atom stereocenters. The van der Waals surface area contributed by atoms with Gasteiger partial charge < -0.3 is 9.64 Å². The predicted molar refractivity (Wildman–Crippen MR) is 121 cm³/mol. The van der Waals surface area contributed by atoms with Crippen LogP contribution in [-0.2, 0) is 27.4 Å². The molecule has 0 spiro atoms. The van der Waals surface area contributed by atoms with Crippen LogP contribution in [0.1, 0.15) is 5.56 Å². The molecule has 4 aromatic rings. The molecule has 0 bridgehead atoms. The highest BCUT2D eigenvalue weighted by molar-refractivity contribution is 7.18. The smallest absolute Gasteiger partial charge is 0.326 e. The lowest BCUT2D eigenvalue weighted by Crippen LogP contribution is -2.32. The maximum absolute atomic E-state index is 13.8. The highest BCUT2D eigenvalue weighted by Crippen LogP contribution is 2.33. The lowest BCUT2D eigenvalue weighted by atomic mass is 10.2. The van der Waals surface area contributed by atoms with Crippen molar-refractivity contribution in [3.8, 4) is 10.4 Å². The van der Waals surface area contributed by atoms with Crippen molar-refractivity contribution in [1.82, 2.24) is 14.5 Å². The van der Waals surface area contributed by atoms with E-state index >= 15 is 0 Å². The Morgan fingerprint density at radius 1 is 1.19 bits per heavy atom. The van der Waals surface area contributed by atoms with E-state index in [1.165, 1.54) is 51.6 Å². The molecule has 0 atom stereocenters. The average molecular weight is 472 g/mol. The minimum absolute atomic E-state index is 0.0484. The van der Waals surface area contributed by atoms with Gasteiger partial charge in [-0.2, -0.15) is 0 Å². The molecule has 10 heteroatoms. The van der Waals surface area contributed by atoms with Crippen molar-refractivity contribution in [2.75, 3.05) is 13.7 Å². The fraction of sp³-hybridized carbons (Fsp3) is 0.182. The predicted octanol–water partition coefficient (Wildman–Crippen LogP) is 3.53. The van der Waals surface area contributed by atoms with Gasteiger partial charge in [-0.3, -0.25) is 19.0 Å². The van der Waals surface area contributed by atoms with Gasteiger partial charge >= 0.3 is 5.97 Å². The first kappa shape index (κ1) is 21.8. The molecule has 3 aromatic heterocycles. The summed E-state index contributed by atoms with van der Waals surface area (Å²) in [7, 11) is 1.49. The van der Waals surface area contributed by atoms with Gasteiger partial charge in [0.05, 0.1) is 11.7 Å². The summed E-state index contributed by atoms with van der Waals surface area (Å²) < 4.78 is 20.0. The lowest BCUT2D eigenvalue weighted by molar-refractivity contribution is -0.152. The Balaban J connectivity index is 1.40. The van der Waals surface area contributed by atoms with E-state index in [2.05, 4.69) is 4.98 Å². The first-order valence-corrected chi connectivity index (χ1v) is 11.3. The van der Waals surface area contributed by atoms with Crippen LogP contribution in [0.15, 0.2) is 58.3 Å². The number of rotatable bonds is 7. The Hall–Kier alpha value is -3.37. The molecule has 0 radical (unpaired) electrons. The maximum atomic E-state index is 13.8. The van der Waals surface area contributed by atoms with Gasteiger partial charge in [0, 0.05) is 35.0 Å². The SMILES string of the molecule is CN(Cc1ccccc1F)C(=O)COC(=O)Cn1cnc2scc(-c3cccs3)c2c1=O. The molecule has 0 aliphatic heterocycles. The number of thiophene rings is 2. The molecule has 7 nitrogen and oxygen atoms in total. The van der Waals surface area contributed by atoms with Crippen LogP contribution in [0.2, 0.25) is 0 Å². The van der Waals surface area contributed by atoms with Crippen LogP contribution in [0, 0.1) is 5.82 Å². The van der Waals surface area contributed by atoms with Gasteiger partial charge in [-0.1, -0.05) is 24.3 Å². The van der Waals surface area contributed by atoms with E-state index in [4.69, 9.17) is 4.74 Å². The number of halogens is 1. The molecule has 164 valence electrons. The number of aromatic nitrogens is 2. The quantitative estimate of drug-likeness (QED) is 0.385. The van der Waals surface area contributed by atoms with Gasteiger partial charge in [0.2, 0.25) is 0 Å². The molecule has 0 aliphatic carbocycles. The summed E-state index contributed by atoms with van der Waals surface area (Å²) in [6.45, 7) is -0.828. The van der Waals surface area contributed by atoms with Gasteiger partial charge in [0.25, 0.3) is 11.5 Å². The Morgan fingerprint density at radius 2 is 2.00 bits per heavy atom. The zero-order valence-electron chi connectivity index (χ0n) is 17.0. The van der Waals surface area contributed by atoms with Crippen LogP contribution in [0.4, 0.5) is 4.39 Å². The summed E-state index contributed by atoms with van der Waals surface area (Å²) in [5.41, 5.74) is 0.794. The highest BCUT2D eigenvalue weighted by Gasteiger charge is 2.17. The second-order valence-electron chi connectivity index (χ2n) is 6.99. The number of benzene rings is 1. The topological polar surface area (TPSA) is 81.5 Å². The summed E-state index contributed by atoms with van der Waals surface area (Å²) in [5.74, 6) is -1.64. The second kappa shape index (κ2) is 9.41. The third-order valence-corrected chi connectivity index (χ3v) is 6.58. The maximum Gasteiger partial charge on any atom is 0.326 e. The first-order valence-electron chi connectivity index (χ1n) is 9.57. The van der Waals surface area contributed by atoms with Gasteiger partial charge in [-0.15, -0.1) is 22.7 Å². The number of nitrogens with zero attached hydrogens (tertiary/aromatic N) is 3. The number of carbonyl (C=O) groups excluding carboxylic acids is 2. The molecule has 3 heterocycles. The van der Waals surface area contributed by atoms with E-state index in [9.17, 15) is 18.8 Å². The minimum Gasteiger partial charge on any atom is -0.454 e. The van der Waals surface area contributed by atoms with Crippen molar-refractivity contribution in [3.05, 3.63) is 75.2 Å². The van der Waals surface area contributed by atoms with E-state index in [1.54, 1.807) is 18.2 Å². The van der Waals surface area contributed by atoms with E-state index in [1.807, 2.05) is 22.9 Å². The Labute approximate surface area is 190 Å². The number of hydrogen-bond acceptors (Lipinski definition) is 7. The van der Waals surface area contributed by atoms with Crippen LogP contribution in [-0.4, -0.2) is 40.0 Å². The first-order chi connectivity index (χ1) is 15.4. The fourth-order valence-electron chi connectivity index (χ4n) is 3.10. The van der Waals surface area contributed by atoms with Crippen molar-refractivity contribution in [2.45, 2.75) is 13.1 Å². The van der Waals surface area contributed by atoms with Crippen molar-refractivity contribution in [1.29, 1.82) is 0 Å². The molecule has 32 heavy (non-hydrogen) atoms. The third kappa shape index (κ3) is 4.61. The van der Waals surface area contributed by atoms with Gasteiger partial charge in [-0.25, -0.2) is 9.37 Å². The summed E-state index contributed by atoms with van der Waals surface area (Å²) in [4.78, 5) is 44.5. The van der Waals surface area contributed by atoms with Crippen LogP contribution < -0.4 is 5.56 Å². The Bertz CT molecular complexity index is 1330. The number of carbonyl (C=O) groups is 2. The van der Waals surface area contributed by atoms with Crippen molar-refractivity contribution >= 4 is 44.8 Å². The Kier molecular flexibility index (Phi) is 6.42. The number of esters is 1. The molecule has 0 N–H and O–H groups in total. The normalized spacial score (nSPS) is 10.9. The fourth-order valence-corrected chi connectivity index (χ4v) is 4.82. The molecule has 1 amide bonds. The zero-order chi connectivity index (χ0) is 22.7. The summed E-state index contributed by atoms with van der Waals surface area (Å²) in [6.07, 6.45) is 1.30. The monoisotopic (exact) mass is 471 g/mol. The van der Waals surface area contributed by atoms with Crippen LogP contribution >= 0.6 is 22.7 Å². The van der Waals surface area contributed by atoms with E-state index in [-0.39, 0.29) is 18.6 Å². The van der Waals surface area contributed by atoms with Crippen LogP contribution in [0.25, 0.3) is 20.7 Å². The van der Waals surface area contributed by atoms with Gasteiger partial charge in [-0.05, 0) is 17.5 Å². The molecule has 1 aromatic carbocycles. The Morgan fingerprint density at radius 3 is 2.75 bits per heavy atom. The summed E-state index contributed by atoms with van der Waals surface area (Å²) >= 11 is 2.87.